The van der Waals surface area contributed by atoms with Gasteiger partial charge in [0.1, 0.15) is 0 Å². The topological polar surface area (TPSA) is 18.5 Å². The predicted octanol–water partition coefficient (Wildman–Crippen LogP) is 2.08. The van der Waals surface area contributed by atoms with Gasteiger partial charge in [0.05, 0.1) is 25.4 Å². The van der Waals surface area contributed by atoms with Crippen LogP contribution >= 0.6 is 0 Å². The average Bonchev–Trinajstić information content (AvgIpc) is 2.51. The van der Waals surface area contributed by atoms with E-state index in [1.54, 1.807) is 0 Å². The molecule has 2 rings (SSSR count). The first-order valence-corrected chi connectivity index (χ1v) is 5.23. The van der Waals surface area contributed by atoms with Crippen LogP contribution in [0, 0.1) is 17.3 Å². The highest BCUT2D eigenvalue weighted by molar-refractivity contribution is 4.96. The molecule has 0 aromatic rings. The van der Waals surface area contributed by atoms with Gasteiger partial charge in [-0.1, -0.05) is 27.7 Å². The lowest BCUT2D eigenvalue weighted by Crippen LogP contribution is -2.33. The summed E-state index contributed by atoms with van der Waals surface area (Å²) in [4.78, 5) is 0. The Bertz CT molecular complexity index is 195. The van der Waals surface area contributed by atoms with Crippen LogP contribution in [0.25, 0.3) is 0 Å². The van der Waals surface area contributed by atoms with Crippen LogP contribution in [0.3, 0.4) is 0 Å². The van der Waals surface area contributed by atoms with Crippen LogP contribution in [0.1, 0.15) is 27.7 Å². The zero-order valence-corrected chi connectivity index (χ0v) is 9.04. The summed E-state index contributed by atoms with van der Waals surface area (Å²) in [7, 11) is 0. The molecule has 0 aromatic carbocycles. The molecule has 76 valence electrons. The Morgan fingerprint density at radius 3 is 2.23 bits per heavy atom. The monoisotopic (exact) mass is 184 g/mol. The molecule has 0 N–H and O–H groups in total. The second-order valence-corrected chi connectivity index (χ2v) is 5.55. The second kappa shape index (κ2) is 2.96. The number of hydrogen-bond acceptors (Lipinski definition) is 2. The first-order valence-electron chi connectivity index (χ1n) is 5.23. The second-order valence-electron chi connectivity index (χ2n) is 5.55. The molecule has 0 bridgehead atoms. The van der Waals surface area contributed by atoms with E-state index >= 15 is 0 Å². The van der Waals surface area contributed by atoms with Gasteiger partial charge in [0.2, 0.25) is 0 Å². The minimum Gasteiger partial charge on any atom is -0.375 e. The fourth-order valence-corrected chi connectivity index (χ4v) is 2.43. The summed E-state index contributed by atoms with van der Waals surface area (Å²) >= 11 is 0. The molecule has 2 saturated heterocycles. The third-order valence-electron chi connectivity index (χ3n) is 3.41. The van der Waals surface area contributed by atoms with Crippen molar-refractivity contribution >= 4 is 0 Å². The summed E-state index contributed by atoms with van der Waals surface area (Å²) in [5.41, 5.74) is 0.309. The van der Waals surface area contributed by atoms with Crippen LogP contribution in [0.5, 0.6) is 0 Å². The predicted molar refractivity (Wildman–Crippen MR) is 51.6 cm³/mol. The number of fused-ring (bicyclic) bond motifs is 1. The molecule has 0 amide bonds. The molecule has 1 unspecified atom stereocenters. The van der Waals surface area contributed by atoms with Gasteiger partial charge in [0, 0.05) is 11.8 Å². The third kappa shape index (κ3) is 1.50. The molecular formula is C11H20O2. The highest BCUT2D eigenvalue weighted by atomic mass is 16.6. The quantitative estimate of drug-likeness (QED) is 0.574. The fourth-order valence-electron chi connectivity index (χ4n) is 2.43. The zero-order valence-electron chi connectivity index (χ0n) is 9.04. The summed E-state index contributed by atoms with van der Waals surface area (Å²) in [6.45, 7) is 10.8. The molecule has 0 radical (unpaired) electrons. The van der Waals surface area contributed by atoms with E-state index in [1.165, 1.54) is 0 Å². The molecule has 2 heteroatoms. The van der Waals surface area contributed by atoms with Gasteiger partial charge in [-0.25, -0.2) is 0 Å². The largest absolute Gasteiger partial charge is 0.375 e. The van der Waals surface area contributed by atoms with E-state index < -0.39 is 0 Å². The Balaban J connectivity index is 2.11. The molecule has 4 atom stereocenters. The van der Waals surface area contributed by atoms with E-state index in [1.807, 2.05) is 0 Å². The van der Waals surface area contributed by atoms with Crippen LogP contribution in [-0.4, -0.2) is 25.4 Å². The van der Waals surface area contributed by atoms with Gasteiger partial charge in [-0.15, -0.1) is 0 Å². The van der Waals surface area contributed by atoms with Crippen molar-refractivity contribution in [3.05, 3.63) is 0 Å². The lowest BCUT2D eigenvalue weighted by atomic mass is 9.77. The SMILES string of the molecule is C[C@H]1CO[C@@H]2C(C(C)(C)C)CO[C@@H]21. The van der Waals surface area contributed by atoms with E-state index in [4.69, 9.17) is 9.47 Å². The minimum absolute atomic E-state index is 0.309. The molecule has 2 nitrogen and oxygen atoms in total. The molecule has 2 aliphatic rings. The van der Waals surface area contributed by atoms with E-state index in [0.29, 0.717) is 29.5 Å². The molecule has 0 aliphatic carbocycles. The van der Waals surface area contributed by atoms with Crippen LogP contribution < -0.4 is 0 Å². The van der Waals surface area contributed by atoms with Crippen molar-refractivity contribution in [3.8, 4) is 0 Å². The van der Waals surface area contributed by atoms with E-state index in [9.17, 15) is 0 Å². The summed E-state index contributed by atoms with van der Waals surface area (Å²) < 4.78 is 11.6. The standard InChI is InChI=1S/C11H20O2/c1-7-5-12-10-8(11(2,3)4)6-13-9(7)10/h7-10H,5-6H2,1-4H3/t7-,8?,9+,10+/m0/s1. The van der Waals surface area contributed by atoms with Crippen molar-refractivity contribution in [1.82, 2.24) is 0 Å². The Labute approximate surface area is 80.6 Å². The van der Waals surface area contributed by atoms with Crippen molar-refractivity contribution in [2.24, 2.45) is 17.3 Å². The number of ether oxygens (including phenoxy) is 2. The first-order chi connectivity index (χ1) is 6.00. The van der Waals surface area contributed by atoms with Gasteiger partial charge in [-0.3, -0.25) is 0 Å². The molecule has 0 saturated carbocycles. The molecule has 0 spiro atoms. The summed E-state index contributed by atoms with van der Waals surface area (Å²) in [5.74, 6) is 1.15. The van der Waals surface area contributed by atoms with E-state index in [2.05, 4.69) is 27.7 Å². The Morgan fingerprint density at radius 2 is 1.62 bits per heavy atom. The lowest BCUT2D eigenvalue weighted by Gasteiger charge is -2.29. The lowest BCUT2D eigenvalue weighted by molar-refractivity contribution is 0.0338. The summed E-state index contributed by atoms with van der Waals surface area (Å²) in [6, 6.07) is 0. The van der Waals surface area contributed by atoms with Crippen molar-refractivity contribution < 1.29 is 9.47 Å². The number of rotatable bonds is 0. The Morgan fingerprint density at radius 1 is 1.00 bits per heavy atom. The van der Waals surface area contributed by atoms with E-state index in [-0.39, 0.29) is 0 Å². The molecule has 0 aromatic heterocycles. The Hall–Kier alpha value is -0.0800. The highest BCUT2D eigenvalue weighted by Crippen LogP contribution is 2.42. The van der Waals surface area contributed by atoms with Crippen LogP contribution in [-0.2, 0) is 9.47 Å². The van der Waals surface area contributed by atoms with Gasteiger partial charge in [-0.05, 0) is 5.41 Å². The molecule has 13 heavy (non-hydrogen) atoms. The first kappa shape index (κ1) is 9.47. The molecular weight excluding hydrogens is 164 g/mol. The van der Waals surface area contributed by atoms with Crippen LogP contribution in [0.2, 0.25) is 0 Å². The van der Waals surface area contributed by atoms with Gasteiger partial charge >= 0.3 is 0 Å². The third-order valence-corrected chi connectivity index (χ3v) is 3.41. The maximum absolute atomic E-state index is 5.80. The van der Waals surface area contributed by atoms with Gasteiger partial charge in [0.25, 0.3) is 0 Å². The summed E-state index contributed by atoms with van der Waals surface area (Å²) in [5, 5.41) is 0. The molecule has 2 aliphatic heterocycles. The molecule has 2 heterocycles. The molecule has 2 fully saturated rings. The van der Waals surface area contributed by atoms with Gasteiger partial charge in [-0.2, -0.15) is 0 Å². The van der Waals surface area contributed by atoms with Crippen molar-refractivity contribution in [2.45, 2.75) is 39.9 Å². The van der Waals surface area contributed by atoms with Crippen molar-refractivity contribution in [2.75, 3.05) is 13.2 Å². The Kier molecular flexibility index (Phi) is 2.16. The fraction of sp³-hybridized carbons (Fsp3) is 1.00. The van der Waals surface area contributed by atoms with Crippen LogP contribution in [0.15, 0.2) is 0 Å². The maximum Gasteiger partial charge on any atom is 0.0895 e. The number of hydrogen-bond donors (Lipinski definition) is 0. The van der Waals surface area contributed by atoms with Crippen molar-refractivity contribution in [1.29, 1.82) is 0 Å². The zero-order chi connectivity index (χ0) is 9.64. The smallest absolute Gasteiger partial charge is 0.0895 e. The van der Waals surface area contributed by atoms with Crippen LogP contribution in [0.4, 0.5) is 0 Å². The average molecular weight is 184 g/mol. The van der Waals surface area contributed by atoms with Gasteiger partial charge in [0.15, 0.2) is 0 Å². The summed E-state index contributed by atoms with van der Waals surface area (Å²) in [6.07, 6.45) is 0.722. The maximum atomic E-state index is 5.80. The normalized spacial score (nSPS) is 45.2. The minimum atomic E-state index is 0.309. The van der Waals surface area contributed by atoms with Gasteiger partial charge < -0.3 is 9.47 Å². The van der Waals surface area contributed by atoms with Crippen molar-refractivity contribution in [3.63, 3.8) is 0 Å². The van der Waals surface area contributed by atoms with E-state index in [0.717, 1.165) is 13.2 Å². The highest BCUT2D eigenvalue weighted by Gasteiger charge is 2.49.